The molecule has 1 rings (SSSR count). The van der Waals surface area contributed by atoms with Gasteiger partial charge in [-0.25, -0.2) is 4.79 Å². The Morgan fingerprint density at radius 3 is 2.61 bits per heavy atom. The van der Waals surface area contributed by atoms with Crippen molar-refractivity contribution >= 4 is 29.4 Å². The molecular formula is C15H17ClN2O5. The minimum atomic E-state index is -0.672. The van der Waals surface area contributed by atoms with E-state index in [1.54, 1.807) is 32.0 Å². The van der Waals surface area contributed by atoms with Crippen molar-refractivity contribution in [2.75, 3.05) is 13.2 Å². The maximum absolute atomic E-state index is 11.5. The standard InChI is InChI=1S/C15H17ClN2O5/c1-3-22-15(21)7-6-13(19)17-18-14(20)9-23-12-5-4-11(16)8-10(12)2/h4-8H,3,9H2,1-2H3,(H,17,19)(H,18,20)/b7-6+. The topological polar surface area (TPSA) is 93.7 Å². The average molecular weight is 341 g/mol. The van der Waals surface area contributed by atoms with Crippen LogP contribution in [0.5, 0.6) is 5.75 Å². The summed E-state index contributed by atoms with van der Waals surface area (Å²) in [5, 5.41) is 0.569. The van der Waals surface area contributed by atoms with Crippen LogP contribution in [0.4, 0.5) is 0 Å². The Labute approximate surface area is 138 Å². The van der Waals surface area contributed by atoms with Gasteiger partial charge in [0.2, 0.25) is 0 Å². The molecule has 0 radical (unpaired) electrons. The number of ether oxygens (including phenoxy) is 2. The first-order chi connectivity index (χ1) is 10.9. The van der Waals surface area contributed by atoms with Crippen molar-refractivity contribution in [3.05, 3.63) is 40.9 Å². The van der Waals surface area contributed by atoms with Gasteiger partial charge in [-0.15, -0.1) is 0 Å². The van der Waals surface area contributed by atoms with Gasteiger partial charge in [0.15, 0.2) is 6.61 Å². The lowest BCUT2D eigenvalue weighted by atomic mass is 10.2. The molecule has 0 fully saturated rings. The van der Waals surface area contributed by atoms with Gasteiger partial charge in [0.25, 0.3) is 11.8 Å². The highest BCUT2D eigenvalue weighted by atomic mass is 35.5. The lowest BCUT2D eigenvalue weighted by Gasteiger charge is -2.09. The molecule has 0 unspecified atom stereocenters. The van der Waals surface area contributed by atoms with Gasteiger partial charge >= 0.3 is 5.97 Å². The van der Waals surface area contributed by atoms with Crippen molar-refractivity contribution in [3.63, 3.8) is 0 Å². The van der Waals surface area contributed by atoms with Gasteiger partial charge < -0.3 is 9.47 Å². The van der Waals surface area contributed by atoms with Gasteiger partial charge in [-0.3, -0.25) is 20.4 Å². The van der Waals surface area contributed by atoms with Gasteiger partial charge in [-0.05, 0) is 37.6 Å². The third kappa shape index (κ3) is 7.32. The highest BCUT2D eigenvalue weighted by Gasteiger charge is 2.06. The van der Waals surface area contributed by atoms with Crippen molar-refractivity contribution in [3.8, 4) is 5.75 Å². The number of rotatable bonds is 6. The fraction of sp³-hybridized carbons (Fsp3) is 0.267. The molecule has 0 saturated heterocycles. The molecule has 0 saturated carbocycles. The van der Waals surface area contributed by atoms with Crippen molar-refractivity contribution in [1.82, 2.24) is 10.9 Å². The second-order valence-electron chi connectivity index (χ2n) is 4.32. The monoisotopic (exact) mass is 340 g/mol. The van der Waals surface area contributed by atoms with Crippen molar-refractivity contribution in [2.24, 2.45) is 0 Å². The smallest absolute Gasteiger partial charge is 0.330 e. The molecule has 0 aliphatic carbocycles. The molecule has 124 valence electrons. The van der Waals surface area contributed by atoms with Gasteiger partial charge in [0.05, 0.1) is 6.61 Å². The molecule has 7 nitrogen and oxygen atoms in total. The van der Waals surface area contributed by atoms with E-state index in [4.69, 9.17) is 16.3 Å². The normalized spacial score (nSPS) is 10.2. The fourth-order valence-electron chi connectivity index (χ4n) is 1.46. The fourth-order valence-corrected chi connectivity index (χ4v) is 1.69. The summed E-state index contributed by atoms with van der Waals surface area (Å²) in [5.74, 6) is -1.36. The molecule has 0 atom stereocenters. The van der Waals surface area contributed by atoms with Crippen LogP contribution in [-0.4, -0.2) is 31.0 Å². The molecule has 0 aliphatic rings. The quantitative estimate of drug-likeness (QED) is 0.462. The Balaban J connectivity index is 2.34. The van der Waals surface area contributed by atoms with Crippen molar-refractivity contribution in [2.45, 2.75) is 13.8 Å². The molecule has 23 heavy (non-hydrogen) atoms. The molecular weight excluding hydrogens is 324 g/mol. The summed E-state index contributed by atoms with van der Waals surface area (Å²) in [6.45, 7) is 3.36. The maximum atomic E-state index is 11.5. The lowest BCUT2D eigenvalue weighted by Crippen LogP contribution is -2.43. The summed E-state index contributed by atoms with van der Waals surface area (Å²) in [7, 11) is 0. The van der Waals surface area contributed by atoms with Crippen molar-refractivity contribution in [1.29, 1.82) is 0 Å². The van der Waals surface area contributed by atoms with Crippen LogP contribution in [0.25, 0.3) is 0 Å². The maximum Gasteiger partial charge on any atom is 0.330 e. The van der Waals surface area contributed by atoms with E-state index >= 15 is 0 Å². The molecule has 2 amide bonds. The highest BCUT2D eigenvalue weighted by molar-refractivity contribution is 6.30. The number of carbonyl (C=O) groups excluding carboxylic acids is 3. The molecule has 8 heteroatoms. The Hall–Kier alpha value is -2.54. The minimum absolute atomic E-state index is 0.211. The summed E-state index contributed by atoms with van der Waals surface area (Å²) in [6.07, 6.45) is 1.90. The number of nitrogens with one attached hydrogen (secondary N) is 2. The zero-order valence-electron chi connectivity index (χ0n) is 12.7. The molecule has 0 spiro atoms. The summed E-state index contributed by atoms with van der Waals surface area (Å²) in [6, 6.07) is 4.99. The minimum Gasteiger partial charge on any atom is -0.483 e. The molecule has 1 aromatic carbocycles. The average Bonchev–Trinajstić information content (AvgIpc) is 2.50. The second-order valence-corrected chi connectivity index (χ2v) is 4.76. The summed E-state index contributed by atoms with van der Waals surface area (Å²) >= 11 is 5.81. The SMILES string of the molecule is CCOC(=O)/C=C/C(=O)NNC(=O)COc1ccc(Cl)cc1C. The van der Waals surface area contributed by atoms with E-state index in [0.29, 0.717) is 10.8 Å². The van der Waals surface area contributed by atoms with E-state index in [9.17, 15) is 14.4 Å². The van der Waals surface area contributed by atoms with E-state index in [-0.39, 0.29) is 13.2 Å². The molecule has 0 bridgehead atoms. The second kappa shape index (κ2) is 9.47. The zero-order valence-corrected chi connectivity index (χ0v) is 13.5. The Morgan fingerprint density at radius 1 is 1.22 bits per heavy atom. The molecule has 0 aromatic heterocycles. The predicted molar refractivity (Wildman–Crippen MR) is 83.7 cm³/mol. The van der Waals surface area contributed by atoms with E-state index in [0.717, 1.165) is 17.7 Å². The van der Waals surface area contributed by atoms with Crippen LogP contribution in [0.3, 0.4) is 0 Å². The Bertz CT molecular complexity index is 616. The van der Waals surface area contributed by atoms with Crippen LogP contribution in [0, 0.1) is 6.92 Å². The highest BCUT2D eigenvalue weighted by Crippen LogP contribution is 2.21. The summed E-state index contributed by atoms with van der Waals surface area (Å²) in [5.41, 5.74) is 5.04. The third-order valence-electron chi connectivity index (χ3n) is 2.48. The third-order valence-corrected chi connectivity index (χ3v) is 2.71. The number of esters is 1. The predicted octanol–water partition coefficient (Wildman–Crippen LogP) is 1.29. The largest absolute Gasteiger partial charge is 0.483 e. The van der Waals surface area contributed by atoms with Crippen LogP contribution in [0.2, 0.25) is 5.02 Å². The molecule has 0 aliphatic heterocycles. The number of hydrogen-bond donors (Lipinski definition) is 2. The number of amides is 2. The van der Waals surface area contributed by atoms with E-state index in [1.807, 2.05) is 0 Å². The molecule has 0 heterocycles. The van der Waals surface area contributed by atoms with Crippen LogP contribution < -0.4 is 15.6 Å². The van der Waals surface area contributed by atoms with Gasteiger partial charge in [0, 0.05) is 17.2 Å². The zero-order chi connectivity index (χ0) is 17.2. The Morgan fingerprint density at radius 2 is 1.96 bits per heavy atom. The van der Waals surface area contributed by atoms with E-state index in [1.165, 1.54) is 0 Å². The van der Waals surface area contributed by atoms with Crippen LogP contribution in [0.15, 0.2) is 30.4 Å². The first-order valence-corrected chi connectivity index (χ1v) is 7.12. The lowest BCUT2D eigenvalue weighted by molar-refractivity contribution is -0.137. The number of benzene rings is 1. The number of carbonyl (C=O) groups is 3. The van der Waals surface area contributed by atoms with Gasteiger partial charge in [-0.1, -0.05) is 11.6 Å². The van der Waals surface area contributed by atoms with E-state index < -0.39 is 17.8 Å². The molecule has 1 aromatic rings. The van der Waals surface area contributed by atoms with E-state index in [2.05, 4.69) is 15.6 Å². The van der Waals surface area contributed by atoms with Gasteiger partial charge in [-0.2, -0.15) is 0 Å². The Kier molecular flexibility index (Phi) is 7.62. The summed E-state index contributed by atoms with van der Waals surface area (Å²) < 4.78 is 9.90. The summed E-state index contributed by atoms with van der Waals surface area (Å²) in [4.78, 5) is 33.9. The van der Waals surface area contributed by atoms with Crippen molar-refractivity contribution < 1.29 is 23.9 Å². The van der Waals surface area contributed by atoms with Gasteiger partial charge in [0.1, 0.15) is 5.75 Å². The molecule has 2 N–H and O–H groups in total. The number of aryl methyl sites for hydroxylation is 1. The first kappa shape index (κ1) is 18.5. The number of halogens is 1. The first-order valence-electron chi connectivity index (χ1n) is 6.75. The van der Waals surface area contributed by atoms with Crippen LogP contribution in [-0.2, 0) is 19.1 Å². The number of hydrogen-bond acceptors (Lipinski definition) is 5. The van der Waals surface area contributed by atoms with Crippen LogP contribution >= 0.6 is 11.6 Å². The number of hydrazine groups is 1. The van der Waals surface area contributed by atoms with Crippen LogP contribution in [0.1, 0.15) is 12.5 Å².